The molecule has 2 aliphatic rings. The van der Waals surface area contributed by atoms with E-state index >= 15 is 0 Å². The second kappa shape index (κ2) is 7.82. The zero-order chi connectivity index (χ0) is 19.7. The Hall–Kier alpha value is -1.18. The van der Waals surface area contributed by atoms with Gasteiger partial charge in [0, 0.05) is 17.1 Å². The Labute approximate surface area is 157 Å². The molecular weight excluding hydrogens is 332 g/mol. The van der Waals surface area contributed by atoms with E-state index in [4.69, 9.17) is 0 Å². The van der Waals surface area contributed by atoms with E-state index in [1.807, 2.05) is 41.5 Å². The van der Waals surface area contributed by atoms with Gasteiger partial charge in [-0.15, -0.1) is 0 Å². The molecule has 7 heteroatoms. The van der Waals surface area contributed by atoms with Gasteiger partial charge in [-0.1, -0.05) is 13.8 Å². The topological polar surface area (TPSA) is 93.7 Å². The summed E-state index contributed by atoms with van der Waals surface area (Å²) in [6.45, 7) is 12.6. The Morgan fingerprint density at radius 3 is 2.19 bits per heavy atom. The third kappa shape index (κ3) is 4.75. The molecule has 7 nitrogen and oxygen atoms in total. The zero-order valence-corrected chi connectivity index (χ0v) is 17.1. The number of carbonyl (C=O) groups is 2. The summed E-state index contributed by atoms with van der Waals surface area (Å²) in [4.78, 5) is 25.3. The fourth-order valence-electron chi connectivity index (χ4n) is 4.36. The molecule has 0 bridgehead atoms. The quantitative estimate of drug-likeness (QED) is 0.589. The molecule has 0 aromatic rings. The number of nitrogens with zero attached hydrogens (tertiary/aromatic N) is 1. The zero-order valence-electron chi connectivity index (χ0n) is 17.1. The monoisotopic (exact) mass is 368 g/mol. The molecule has 0 radical (unpaired) electrons. The summed E-state index contributed by atoms with van der Waals surface area (Å²) in [6.07, 6.45) is 3.11. The van der Waals surface area contributed by atoms with Crippen LogP contribution < -0.4 is 16.0 Å². The summed E-state index contributed by atoms with van der Waals surface area (Å²) < 4.78 is 0. The number of rotatable bonds is 5. The van der Waals surface area contributed by atoms with Crippen molar-refractivity contribution in [2.24, 2.45) is 5.92 Å². The van der Waals surface area contributed by atoms with E-state index in [1.54, 1.807) is 0 Å². The molecule has 2 aliphatic heterocycles. The molecule has 4 N–H and O–H groups in total. The molecule has 2 amide bonds. The first-order valence-electron chi connectivity index (χ1n) is 9.77. The van der Waals surface area contributed by atoms with Gasteiger partial charge in [0.25, 0.3) is 0 Å². The van der Waals surface area contributed by atoms with Gasteiger partial charge in [0.2, 0.25) is 11.8 Å². The summed E-state index contributed by atoms with van der Waals surface area (Å²) in [5.74, 6) is -0.240. The molecule has 2 rings (SSSR count). The molecule has 0 aromatic heterocycles. The molecule has 0 saturated carbocycles. The number of hydrogen-bond acceptors (Lipinski definition) is 5. The van der Waals surface area contributed by atoms with E-state index in [-0.39, 0.29) is 29.8 Å². The first-order valence-corrected chi connectivity index (χ1v) is 9.77. The van der Waals surface area contributed by atoms with E-state index in [1.165, 1.54) is 5.06 Å². The van der Waals surface area contributed by atoms with Crippen LogP contribution in [0.3, 0.4) is 0 Å². The minimum absolute atomic E-state index is 0.000644. The predicted molar refractivity (Wildman–Crippen MR) is 101 cm³/mol. The number of amides is 2. The maximum absolute atomic E-state index is 12.9. The van der Waals surface area contributed by atoms with Crippen LogP contribution in [0.2, 0.25) is 0 Å². The summed E-state index contributed by atoms with van der Waals surface area (Å²) >= 11 is 0. The fraction of sp³-hybridized carbons (Fsp3) is 0.895. The van der Waals surface area contributed by atoms with E-state index in [2.05, 4.69) is 16.0 Å². The van der Waals surface area contributed by atoms with Crippen molar-refractivity contribution in [1.29, 1.82) is 0 Å². The summed E-state index contributed by atoms with van der Waals surface area (Å²) in [6, 6.07) is -0.790. The van der Waals surface area contributed by atoms with Crippen LogP contribution in [0.25, 0.3) is 0 Å². The number of hydrogen-bond donors (Lipinski definition) is 4. The second-order valence-electron chi connectivity index (χ2n) is 9.43. The van der Waals surface area contributed by atoms with Gasteiger partial charge in [-0.2, -0.15) is 5.06 Å². The fourth-order valence-corrected chi connectivity index (χ4v) is 4.36. The summed E-state index contributed by atoms with van der Waals surface area (Å²) in [5.41, 5.74) is -0.853. The minimum atomic E-state index is -0.553. The van der Waals surface area contributed by atoms with Crippen molar-refractivity contribution in [2.75, 3.05) is 6.54 Å². The maximum atomic E-state index is 12.9. The van der Waals surface area contributed by atoms with Gasteiger partial charge in [0.15, 0.2) is 0 Å². The maximum Gasteiger partial charge on any atom is 0.243 e. The molecular formula is C19H36N4O3. The van der Waals surface area contributed by atoms with Crippen molar-refractivity contribution in [3.63, 3.8) is 0 Å². The minimum Gasteiger partial charge on any atom is -0.351 e. The predicted octanol–water partition coefficient (Wildman–Crippen LogP) is 1.41. The van der Waals surface area contributed by atoms with Crippen LogP contribution in [0.4, 0.5) is 0 Å². The second-order valence-corrected chi connectivity index (χ2v) is 9.43. The van der Waals surface area contributed by atoms with Crippen LogP contribution in [0.15, 0.2) is 0 Å². The number of piperidine rings is 1. The molecule has 0 aromatic carbocycles. The van der Waals surface area contributed by atoms with Gasteiger partial charge in [-0.3, -0.25) is 9.59 Å². The highest BCUT2D eigenvalue weighted by Gasteiger charge is 2.45. The van der Waals surface area contributed by atoms with Gasteiger partial charge < -0.3 is 21.2 Å². The normalized spacial score (nSPS) is 27.3. The summed E-state index contributed by atoms with van der Waals surface area (Å²) in [7, 11) is 0. The Morgan fingerprint density at radius 2 is 1.73 bits per heavy atom. The average molecular weight is 369 g/mol. The lowest BCUT2D eigenvalue weighted by Gasteiger charge is -2.51. The molecule has 2 saturated heterocycles. The Balaban J connectivity index is 2.01. The number of nitrogens with one attached hydrogen (secondary N) is 3. The lowest BCUT2D eigenvalue weighted by Crippen LogP contribution is -2.64. The van der Waals surface area contributed by atoms with Crippen molar-refractivity contribution >= 4 is 11.8 Å². The van der Waals surface area contributed by atoms with Crippen LogP contribution in [0.1, 0.15) is 67.2 Å². The van der Waals surface area contributed by atoms with Crippen LogP contribution in [0.5, 0.6) is 0 Å². The third-order valence-electron chi connectivity index (χ3n) is 5.61. The van der Waals surface area contributed by atoms with E-state index in [0.29, 0.717) is 12.8 Å². The lowest BCUT2D eigenvalue weighted by molar-refractivity contribution is -0.246. The van der Waals surface area contributed by atoms with Crippen LogP contribution >= 0.6 is 0 Å². The SMILES string of the molecule is CC(C)[C@@H](NC(=O)[C@@H]1CCCN1)C(=O)NC1CC(C)(C)N(O)C(C)(C)C1. The van der Waals surface area contributed by atoms with Crippen molar-refractivity contribution in [3.8, 4) is 0 Å². The highest BCUT2D eigenvalue weighted by molar-refractivity contribution is 5.90. The largest absolute Gasteiger partial charge is 0.351 e. The molecule has 2 heterocycles. The Kier molecular flexibility index (Phi) is 6.36. The molecule has 26 heavy (non-hydrogen) atoms. The molecule has 150 valence electrons. The first-order chi connectivity index (χ1) is 11.9. The van der Waals surface area contributed by atoms with Gasteiger partial charge in [0.05, 0.1) is 6.04 Å². The lowest BCUT2D eigenvalue weighted by atomic mass is 9.79. The van der Waals surface area contributed by atoms with Crippen LogP contribution in [0, 0.1) is 5.92 Å². The van der Waals surface area contributed by atoms with Crippen molar-refractivity contribution in [1.82, 2.24) is 21.0 Å². The first kappa shape index (κ1) is 21.1. The van der Waals surface area contributed by atoms with E-state index in [9.17, 15) is 14.8 Å². The smallest absolute Gasteiger partial charge is 0.243 e. The third-order valence-corrected chi connectivity index (χ3v) is 5.61. The van der Waals surface area contributed by atoms with Gasteiger partial charge >= 0.3 is 0 Å². The molecule has 0 spiro atoms. The van der Waals surface area contributed by atoms with E-state index in [0.717, 1.165) is 19.4 Å². The molecule has 0 unspecified atom stereocenters. The van der Waals surface area contributed by atoms with Crippen molar-refractivity contribution in [3.05, 3.63) is 0 Å². The van der Waals surface area contributed by atoms with Crippen molar-refractivity contribution < 1.29 is 14.8 Å². The van der Waals surface area contributed by atoms with E-state index < -0.39 is 17.1 Å². The Morgan fingerprint density at radius 1 is 1.15 bits per heavy atom. The molecule has 2 atom stereocenters. The van der Waals surface area contributed by atoms with Crippen molar-refractivity contribution in [2.45, 2.75) is 96.4 Å². The average Bonchev–Trinajstić information content (AvgIpc) is 3.03. The number of hydroxylamine groups is 2. The number of carbonyl (C=O) groups excluding carboxylic acids is 2. The standard InChI is InChI=1S/C19H36N4O3/c1-12(2)15(22-16(24)14-8-7-9-20-14)17(25)21-13-10-18(3,4)23(26)19(5,6)11-13/h12-15,20,26H,7-11H2,1-6H3,(H,21,25)(H,22,24)/t14-,15+/m0/s1. The van der Waals surface area contributed by atoms with Gasteiger partial charge in [-0.05, 0) is 65.8 Å². The highest BCUT2D eigenvalue weighted by Crippen LogP contribution is 2.36. The van der Waals surface area contributed by atoms with Gasteiger partial charge in [0.1, 0.15) is 6.04 Å². The Bertz CT molecular complexity index is 509. The molecule has 0 aliphatic carbocycles. The van der Waals surface area contributed by atoms with Crippen LogP contribution in [-0.4, -0.2) is 57.8 Å². The van der Waals surface area contributed by atoms with Crippen LogP contribution in [-0.2, 0) is 9.59 Å². The summed E-state index contributed by atoms with van der Waals surface area (Å²) in [5, 5.41) is 21.0. The molecule has 2 fully saturated rings. The highest BCUT2D eigenvalue weighted by atomic mass is 16.5. The van der Waals surface area contributed by atoms with Gasteiger partial charge in [-0.25, -0.2) is 0 Å².